The average Bonchev–Trinajstić information content (AvgIpc) is 2.75. The van der Waals surface area contributed by atoms with Crippen molar-refractivity contribution >= 4 is 5.78 Å². The van der Waals surface area contributed by atoms with Gasteiger partial charge in [0, 0.05) is 18.8 Å². The number of carbonyl (C=O) groups is 1. The Labute approximate surface area is 92.2 Å². The predicted molar refractivity (Wildman–Crippen MR) is 56.4 cm³/mol. The number of aromatic nitrogens is 4. The van der Waals surface area contributed by atoms with Crippen LogP contribution in [0, 0.1) is 0 Å². The first kappa shape index (κ1) is 9.21. The second-order valence-corrected chi connectivity index (χ2v) is 3.74. The Morgan fingerprint density at radius 2 is 2.00 bits per heavy atom. The molecule has 16 heavy (non-hydrogen) atoms. The molecule has 0 saturated carbocycles. The van der Waals surface area contributed by atoms with Gasteiger partial charge in [-0.15, -0.1) is 0 Å². The van der Waals surface area contributed by atoms with E-state index >= 15 is 0 Å². The van der Waals surface area contributed by atoms with Gasteiger partial charge in [-0.1, -0.05) is 0 Å². The molecule has 3 rings (SSSR count). The molecular formula is C11H10N4O. The molecule has 0 N–H and O–H groups in total. The standard InChI is InChI=1S/C11H10N4O/c16-10-4-1-3-9-8(10)7-14-15(9)11-12-5-2-6-13-11/h2,5-7H,1,3-4H2. The van der Waals surface area contributed by atoms with Gasteiger partial charge in [0.25, 0.3) is 5.95 Å². The zero-order valence-corrected chi connectivity index (χ0v) is 8.63. The normalized spacial score (nSPS) is 14.9. The average molecular weight is 214 g/mol. The number of Topliss-reactive ketones (excluding diaryl/α,β-unsaturated/α-hetero) is 1. The molecule has 80 valence electrons. The summed E-state index contributed by atoms with van der Waals surface area (Å²) in [6, 6.07) is 1.75. The molecule has 0 fully saturated rings. The highest BCUT2D eigenvalue weighted by Crippen LogP contribution is 2.21. The van der Waals surface area contributed by atoms with Gasteiger partial charge < -0.3 is 0 Å². The number of hydrogen-bond acceptors (Lipinski definition) is 4. The van der Waals surface area contributed by atoms with Gasteiger partial charge in [0.1, 0.15) is 0 Å². The summed E-state index contributed by atoms with van der Waals surface area (Å²) in [6.45, 7) is 0. The Kier molecular flexibility index (Phi) is 2.02. The van der Waals surface area contributed by atoms with Crippen LogP contribution in [0.3, 0.4) is 0 Å². The first-order chi connectivity index (χ1) is 7.86. The van der Waals surface area contributed by atoms with Crippen molar-refractivity contribution in [3.05, 3.63) is 35.9 Å². The van der Waals surface area contributed by atoms with Gasteiger partial charge in [-0.25, -0.2) is 14.6 Å². The Hall–Kier alpha value is -2.04. The van der Waals surface area contributed by atoms with Crippen LogP contribution in [0.5, 0.6) is 0 Å². The van der Waals surface area contributed by atoms with Crippen LogP contribution in [-0.4, -0.2) is 25.5 Å². The van der Waals surface area contributed by atoms with E-state index in [1.54, 1.807) is 29.3 Å². The summed E-state index contributed by atoms with van der Waals surface area (Å²) in [4.78, 5) is 19.9. The molecule has 1 aliphatic rings. The molecule has 2 aromatic heterocycles. The molecule has 2 aromatic rings. The predicted octanol–water partition coefficient (Wildman–Crippen LogP) is 1.18. The minimum Gasteiger partial charge on any atom is -0.294 e. The number of rotatable bonds is 1. The quantitative estimate of drug-likeness (QED) is 0.715. The van der Waals surface area contributed by atoms with Crippen molar-refractivity contribution in [3.63, 3.8) is 0 Å². The molecule has 0 aromatic carbocycles. The van der Waals surface area contributed by atoms with Crippen LogP contribution < -0.4 is 0 Å². The summed E-state index contributed by atoms with van der Waals surface area (Å²) in [7, 11) is 0. The Bertz CT molecular complexity index is 532. The molecule has 0 amide bonds. The van der Waals surface area contributed by atoms with Crippen molar-refractivity contribution in [1.82, 2.24) is 19.7 Å². The molecule has 0 aliphatic heterocycles. The Balaban J connectivity index is 2.13. The third-order valence-corrected chi connectivity index (χ3v) is 2.73. The minimum atomic E-state index is 0.170. The van der Waals surface area contributed by atoms with Crippen molar-refractivity contribution in [2.24, 2.45) is 0 Å². The van der Waals surface area contributed by atoms with Crippen LogP contribution in [0.25, 0.3) is 5.95 Å². The second kappa shape index (κ2) is 3.52. The lowest BCUT2D eigenvalue weighted by Gasteiger charge is -2.11. The highest BCUT2D eigenvalue weighted by molar-refractivity contribution is 5.97. The molecule has 0 radical (unpaired) electrons. The van der Waals surface area contributed by atoms with Gasteiger partial charge in [-0.05, 0) is 18.9 Å². The lowest BCUT2D eigenvalue weighted by atomic mass is 9.97. The summed E-state index contributed by atoms with van der Waals surface area (Å²) in [5.41, 5.74) is 1.65. The number of hydrogen-bond donors (Lipinski definition) is 0. The van der Waals surface area contributed by atoms with E-state index in [0.29, 0.717) is 12.4 Å². The molecule has 0 saturated heterocycles. The van der Waals surface area contributed by atoms with Gasteiger partial charge in [0.2, 0.25) is 0 Å². The van der Waals surface area contributed by atoms with E-state index < -0.39 is 0 Å². The zero-order chi connectivity index (χ0) is 11.0. The number of ketones is 1. The van der Waals surface area contributed by atoms with Crippen LogP contribution in [0.1, 0.15) is 28.9 Å². The second-order valence-electron chi connectivity index (χ2n) is 3.74. The first-order valence-electron chi connectivity index (χ1n) is 5.24. The minimum absolute atomic E-state index is 0.170. The van der Waals surface area contributed by atoms with Crippen LogP contribution in [0.2, 0.25) is 0 Å². The third kappa shape index (κ3) is 1.32. The summed E-state index contributed by atoms with van der Waals surface area (Å²) >= 11 is 0. The van der Waals surface area contributed by atoms with Crippen LogP contribution in [-0.2, 0) is 6.42 Å². The number of carbonyl (C=O) groups excluding carboxylic acids is 1. The van der Waals surface area contributed by atoms with Crippen LogP contribution in [0.4, 0.5) is 0 Å². The molecule has 5 nitrogen and oxygen atoms in total. The van der Waals surface area contributed by atoms with E-state index in [1.807, 2.05) is 0 Å². The lowest BCUT2D eigenvalue weighted by Crippen LogP contribution is -2.14. The van der Waals surface area contributed by atoms with E-state index in [4.69, 9.17) is 0 Å². The molecule has 0 spiro atoms. The van der Waals surface area contributed by atoms with E-state index in [0.717, 1.165) is 24.1 Å². The van der Waals surface area contributed by atoms with E-state index in [9.17, 15) is 4.79 Å². The van der Waals surface area contributed by atoms with Crippen molar-refractivity contribution in [2.45, 2.75) is 19.3 Å². The van der Waals surface area contributed by atoms with Gasteiger partial charge in [0.15, 0.2) is 5.78 Å². The monoisotopic (exact) mass is 214 g/mol. The van der Waals surface area contributed by atoms with Gasteiger partial charge in [0.05, 0.1) is 17.5 Å². The summed E-state index contributed by atoms with van der Waals surface area (Å²) in [6.07, 6.45) is 7.31. The van der Waals surface area contributed by atoms with Crippen LogP contribution in [0.15, 0.2) is 24.7 Å². The van der Waals surface area contributed by atoms with Crippen molar-refractivity contribution in [3.8, 4) is 5.95 Å². The largest absolute Gasteiger partial charge is 0.294 e. The fourth-order valence-corrected chi connectivity index (χ4v) is 1.97. The lowest BCUT2D eigenvalue weighted by molar-refractivity contribution is 0.0972. The van der Waals surface area contributed by atoms with Gasteiger partial charge in [-0.3, -0.25) is 4.79 Å². The molecule has 1 aliphatic carbocycles. The van der Waals surface area contributed by atoms with Crippen LogP contribution >= 0.6 is 0 Å². The highest BCUT2D eigenvalue weighted by Gasteiger charge is 2.22. The smallest absolute Gasteiger partial charge is 0.250 e. The fraction of sp³-hybridized carbons (Fsp3) is 0.273. The van der Waals surface area contributed by atoms with E-state index in [1.165, 1.54) is 0 Å². The summed E-state index contributed by atoms with van der Waals surface area (Å²) in [5.74, 6) is 0.696. The van der Waals surface area contributed by atoms with E-state index in [2.05, 4.69) is 15.1 Å². The topological polar surface area (TPSA) is 60.7 Å². The maximum Gasteiger partial charge on any atom is 0.250 e. The molecule has 0 unspecified atom stereocenters. The maximum atomic E-state index is 11.6. The van der Waals surface area contributed by atoms with Gasteiger partial charge in [-0.2, -0.15) is 5.10 Å². The molecule has 2 heterocycles. The Morgan fingerprint density at radius 1 is 1.19 bits per heavy atom. The van der Waals surface area contributed by atoms with Crippen molar-refractivity contribution in [1.29, 1.82) is 0 Å². The number of nitrogens with zero attached hydrogens (tertiary/aromatic N) is 4. The third-order valence-electron chi connectivity index (χ3n) is 2.73. The van der Waals surface area contributed by atoms with Crippen molar-refractivity contribution < 1.29 is 4.79 Å². The fourth-order valence-electron chi connectivity index (χ4n) is 1.97. The molecular weight excluding hydrogens is 204 g/mol. The van der Waals surface area contributed by atoms with Gasteiger partial charge >= 0.3 is 0 Å². The highest BCUT2D eigenvalue weighted by atomic mass is 16.1. The summed E-state index contributed by atoms with van der Waals surface area (Å²) in [5, 5.41) is 4.19. The first-order valence-corrected chi connectivity index (χ1v) is 5.24. The molecule has 0 bridgehead atoms. The number of fused-ring (bicyclic) bond motifs is 1. The van der Waals surface area contributed by atoms with E-state index in [-0.39, 0.29) is 5.78 Å². The Morgan fingerprint density at radius 3 is 2.81 bits per heavy atom. The summed E-state index contributed by atoms with van der Waals surface area (Å²) < 4.78 is 1.66. The SMILES string of the molecule is O=C1CCCc2c1cnn2-c1ncccn1. The van der Waals surface area contributed by atoms with Crippen molar-refractivity contribution in [2.75, 3.05) is 0 Å². The molecule has 5 heteroatoms. The molecule has 0 atom stereocenters. The zero-order valence-electron chi connectivity index (χ0n) is 8.63. The maximum absolute atomic E-state index is 11.6.